The molecule has 2 atom stereocenters. The monoisotopic (exact) mass is 379 g/mol. The van der Waals surface area contributed by atoms with Gasteiger partial charge in [0.05, 0.1) is 12.2 Å². The van der Waals surface area contributed by atoms with E-state index in [1.165, 1.54) is 0 Å². The van der Waals surface area contributed by atoms with Gasteiger partial charge in [0.2, 0.25) is 5.91 Å². The third-order valence-electron chi connectivity index (χ3n) is 5.83. The van der Waals surface area contributed by atoms with Crippen LogP contribution in [0.1, 0.15) is 18.5 Å². The van der Waals surface area contributed by atoms with Gasteiger partial charge in [0.1, 0.15) is 5.75 Å². The summed E-state index contributed by atoms with van der Waals surface area (Å²) in [7, 11) is 1.83. The van der Waals surface area contributed by atoms with Crippen molar-refractivity contribution in [2.24, 2.45) is 11.3 Å². The SMILES string of the molecule is CN(Cc1ccccn1)C(=O)[C@@H]1C[C@]12CCN(C(=O)COc1ccccc1)C2. The Morgan fingerprint density at radius 1 is 1.21 bits per heavy atom. The summed E-state index contributed by atoms with van der Waals surface area (Å²) in [6.45, 7) is 1.90. The van der Waals surface area contributed by atoms with E-state index in [1.54, 1.807) is 11.1 Å². The van der Waals surface area contributed by atoms with Crippen LogP contribution >= 0.6 is 0 Å². The van der Waals surface area contributed by atoms with Gasteiger partial charge in [0.25, 0.3) is 5.91 Å². The molecular formula is C22H25N3O3. The zero-order chi connectivity index (χ0) is 19.6. The highest BCUT2D eigenvalue weighted by molar-refractivity contribution is 5.83. The van der Waals surface area contributed by atoms with Gasteiger partial charge >= 0.3 is 0 Å². The van der Waals surface area contributed by atoms with Crippen LogP contribution in [-0.4, -0.2) is 53.3 Å². The van der Waals surface area contributed by atoms with Crippen molar-refractivity contribution < 1.29 is 14.3 Å². The lowest BCUT2D eigenvalue weighted by molar-refractivity contribution is -0.134. The largest absolute Gasteiger partial charge is 0.484 e. The number of likely N-dealkylation sites (tertiary alicyclic amines) is 1. The summed E-state index contributed by atoms with van der Waals surface area (Å²) in [4.78, 5) is 33.2. The summed E-state index contributed by atoms with van der Waals surface area (Å²) < 4.78 is 5.57. The van der Waals surface area contributed by atoms with E-state index in [0.717, 1.165) is 18.5 Å². The van der Waals surface area contributed by atoms with Gasteiger partial charge in [-0.25, -0.2) is 0 Å². The van der Waals surface area contributed by atoms with Crippen LogP contribution in [0, 0.1) is 11.3 Å². The molecule has 1 saturated heterocycles. The molecule has 0 bridgehead atoms. The van der Waals surface area contributed by atoms with Crippen molar-refractivity contribution in [3.8, 4) is 5.75 Å². The van der Waals surface area contributed by atoms with Crippen LogP contribution in [0.15, 0.2) is 54.7 Å². The zero-order valence-electron chi connectivity index (χ0n) is 16.1. The van der Waals surface area contributed by atoms with Crippen LogP contribution in [-0.2, 0) is 16.1 Å². The summed E-state index contributed by atoms with van der Waals surface area (Å²) in [5.74, 6) is 0.843. The van der Waals surface area contributed by atoms with Crippen molar-refractivity contribution in [1.82, 2.24) is 14.8 Å². The van der Waals surface area contributed by atoms with Gasteiger partial charge < -0.3 is 14.5 Å². The van der Waals surface area contributed by atoms with E-state index in [-0.39, 0.29) is 29.8 Å². The fourth-order valence-corrected chi connectivity index (χ4v) is 4.09. The molecule has 2 aromatic rings. The molecule has 6 nitrogen and oxygen atoms in total. The van der Waals surface area contributed by atoms with Gasteiger partial charge in [-0.1, -0.05) is 24.3 Å². The third kappa shape index (κ3) is 3.86. The highest BCUT2D eigenvalue weighted by atomic mass is 16.5. The predicted octanol–water partition coefficient (Wildman–Crippen LogP) is 2.36. The topological polar surface area (TPSA) is 62.7 Å². The average Bonchev–Trinajstić information content (AvgIpc) is 3.26. The van der Waals surface area contributed by atoms with E-state index in [9.17, 15) is 9.59 Å². The van der Waals surface area contributed by atoms with Crippen LogP contribution in [0.3, 0.4) is 0 Å². The van der Waals surface area contributed by atoms with Crippen molar-refractivity contribution in [2.75, 3.05) is 26.7 Å². The number of ether oxygens (including phenoxy) is 1. The molecule has 0 N–H and O–H groups in total. The van der Waals surface area contributed by atoms with E-state index < -0.39 is 0 Å². The Kier molecular flexibility index (Phi) is 5.03. The van der Waals surface area contributed by atoms with Crippen LogP contribution in [0.5, 0.6) is 5.75 Å². The second kappa shape index (κ2) is 7.62. The molecule has 2 aliphatic rings. The van der Waals surface area contributed by atoms with Gasteiger partial charge in [0, 0.05) is 37.7 Å². The van der Waals surface area contributed by atoms with E-state index in [2.05, 4.69) is 4.98 Å². The van der Waals surface area contributed by atoms with Crippen LogP contribution in [0.4, 0.5) is 0 Å². The number of pyridine rings is 1. The molecule has 146 valence electrons. The molecule has 0 radical (unpaired) electrons. The molecule has 2 fully saturated rings. The fourth-order valence-electron chi connectivity index (χ4n) is 4.09. The first-order chi connectivity index (χ1) is 13.6. The normalized spacial score (nSPS) is 22.9. The highest BCUT2D eigenvalue weighted by Gasteiger charge is 2.61. The molecule has 1 aromatic heterocycles. The van der Waals surface area contributed by atoms with Gasteiger partial charge in [-0.15, -0.1) is 0 Å². The number of carbonyl (C=O) groups is 2. The molecule has 0 unspecified atom stereocenters. The number of aromatic nitrogens is 1. The molecule has 2 heterocycles. The molecule has 4 rings (SSSR count). The molecule has 1 spiro atoms. The number of hydrogen-bond donors (Lipinski definition) is 0. The van der Waals surface area contributed by atoms with Crippen molar-refractivity contribution >= 4 is 11.8 Å². The van der Waals surface area contributed by atoms with Crippen LogP contribution < -0.4 is 4.74 Å². The predicted molar refractivity (Wildman–Crippen MR) is 104 cm³/mol. The summed E-state index contributed by atoms with van der Waals surface area (Å²) in [5.41, 5.74) is 0.840. The molecule has 1 aliphatic heterocycles. The molecule has 6 heteroatoms. The quantitative estimate of drug-likeness (QED) is 0.773. The summed E-state index contributed by atoms with van der Waals surface area (Å²) in [6.07, 6.45) is 3.49. The molecule has 1 saturated carbocycles. The number of hydrogen-bond acceptors (Lipinski definition) is 4. The van der Waals surface area contributed by atoms with E-state index in [4.69, 9.17) is 4.74 Å². The van der Waals surface area contributed by atoms with Gasteiger partial charge in [-0.2, -0.15) is 0 Å². The molecular weight excluding hydrogens is 354 g/mol. The number of rotatable bonds is 6. The summed E-state index contributed by atoms with van der Waals surface area (Å²) in [6, 6.07) is 15.1. The number of amides is 2. The summed E-state index contributed by atoms with van der Waals surface area (Å²) >= 11 is 0. The average molecular weight is 379 g/mol. The standard InChI is InChI=1S/C22H25N3O3/c1-24(14-17-7-5-6-11-23-17)21(27)19-13-22(19)10-12-25(16-22)20(26)15-28-18-8-3-2-4-9-18/h2-9,11,19H,10,12-16H2,1H3/t19-,22-/m0/s1. The first kappa shape index (κ1) is 18.5. The number of benzene rings is 1. The van der Waals surface area contributed by atoms with Gasteiger partial charge in [-0.05, 0) is 37.1 Å². The van der Waals surface area contributed by atoms with Crippen molar-refractivity contribution in [1.29, 1.82) is 0 Å². The minimum Gasteiger partial charge on any atom is -0.484 e. The minimum absolute atomic E-state index is 0.00838. The Bertz CT molecular complexity index is 843. The molecule has 1 aliphatic carbocycles. The Morgan fingerprint density at radius 3 is 2.75 bits per heavy atom. The number of carbonyl (C=O) groups excluding carboxylic acids is 2. The third-order valence-corrected chi connectivity index (χ3v) is 5.83. The van der Waals surface area contributed by atoms with Crippen LogP contribution in [0.25, 0.3) is 0 Å². The Hall–Kier alpha value is -2.89. The van der Waals surface area contributed by atoms with Crippen molar-refractivity contribution in [3.63, 3.8) is 0 Å². The number of para-hydroxylation sites is 1. The van der Waals surface area contributed by atoms with E-state index in [1.807, 2.05) is 60.5 Å². The highest BCUT2D eigenvalue weighted by Crippen LogP contribution is 2.59. The second-order valence-corrected chi connectivity index (χ2v) is 7.80. The molecule has 2 amide bonds. The van der Waals surface area contributed by atoms with Gasteiger partial charge in [-0.3, -0.25) is 14.6 Å². The van der Waals surface area contributed by atoms with Crippen molar-refractivity contribution in [2.45, 2.75) is 19.4 Å². The van der Waals surface area contributed by atoms with E-state index in [0.29, 0.717) is 25.4 Å². The first-order valence-corrected chi connectivity index (χ1v) is 9.68. The lowest BCUT2D eigenvalue weighted by Crippen LogP contribution is -2.34. The molecule has 1 aromatic carbocycles. The van der Waals surface area contributed by atoms with E-state index >= 15 is 0 Å². The summed E-state index contributed by atoms with van der Waals surface area (Å²) in [5, 5.41) is 0. The van der Waals surface area contributed by atoms with Crippen LogP contribution in [0.2, 0.25) is 0 Å². The smallest absolute Gasteiger partial charge is 0.260 e. The lowest BCUT2D eigenvalue weighted by atomic mass is 10.0. The Balaban J connectivity index is 1.28. The Morgan fingerprint density at radius 2 is 2.00 bits per heavy atom. The maximum atomic E-state index is 12.8. The second-order valence-electron chi connectivity index (χ2n) is 7.80. The number of nitrogens with zero attached hydrogens (tertiary/aromatic N) is 3. The Labute approximate surface area is 165 Å². The van der Waals surface area contributed by atoms with Gasteiger partial charge in [0.15, 0.2) is 6.61 Å². The first-order valence-electron chi connectivity index (χ1n) is 9.68. The van der Waals surface area contributed by atoms with Crippen molar-refractivity contribution in [3.05, 3.63) is 60.4 Å². The molecule has 28 heavy (non-hydrogen) atoms. The fraction of sp³-hybridized carbons (Fsp3) is 0.409. The minimum atomic E-state index is -0.0438. The zero-order valence-corrected chi connectivity index (χ0v) is 16.1. The maximum Gasteiger partial charge on any atom is 0.260 e. The lowest BCUT2D eigenvalue weighted by Gasteiger charge is -2.19. The maximum absolute atomic E-state index is 12.8.